The second kappa shape index (κ2) is 7.99. The van der Waals surface area contributed by atoms with E-state index in [4.69, 9.17) is 4.74 Å². The summed E-state index contributed by atoms with van der Waals surface area (Å²) in [6.07, 6.45) is 0.367. The molecule has 0 fully saturated rings. The summed E-state index contributed by atoms with van der Waals surface area (Å²) in [7, 11) is 1.64. The number of aryl methyl sites for hydroxylation is 1. The Bertz CT molecular complexity index is 687. The Morgan fingerprint density at radius 1 is 1.25 bits per heavy atom. The summed E-state index contributed by atoms with van der Waals surface area (Å²) in [5, 5.41) is 7.54. The summed E-state index contributed by atoms with van der Waals surface area (Å²) < 4.78 is 7.14. The number of nitrogens with one attached hydrogen (secondary N) is 1. The molecule has 1 aromatic carbocycles. The van der Waals surface area contributed by atoms with Crippen molar-refractivity contribution in [3.8, 4) is 5.75 Å². The maximum Gasteiger partial charge on any atom is 0.224 e. The van der Waals surface area contributed by atoms with E-state index in [0.717, 1.165) is 34.8 Å². The standard InChI is InChI=1S/C19H27N3O2/c1-13(2)12-22-15(4)18(14(3)21-22)10-19(23)20-11-16-6-8-17(24-5)9-7-16/h6-9,13H,10-12H2,1-5H3,(H,20,23). The quantitative estimate of drug-likeness (QED) is 0.849. The number of nitrogens with zero attached hydrogens (tertiary/aromatic N) is 2. The van der Waals surface area contributed by atoms with Gasteiger partial charge in [-0.2, -0.15) is 5.10 Å². The van der Waals surface area contributed by atoms with Gasteiger partial charge >= 0.3 is 0 Å². The second-order valence-electron chi connectivity index (χ2n) is 6.53. The van der Waals surface area contributed by atoms with Crippen molar-refractivity contribution < 1.29 is 9.53 Å². The highest BCUT2D eigenvalue weighted by molar-refractivity contribution is 5.79. The number of hydrogen-bond acceptors (Lipinski definition) is 3. The number of hydrogen-bond donors (Lipinski definition) is 1. The van der Waals surface area contributed by atoms with Gasteiger partial charge in [0.2, 0.25) is 5.91 Å². The molecule has 1 heterocycles. The van der Waals surface area contributed by atoms with Crippen molar-refractivity contribution in [1.82, 2.24) is 15.1 Å². The van der Waals surface area contributed by atoms with Crippen LogP contribution in [0.2, 0.25) is 0 Å². The van der Waals surface area contributed by atoms with Crippen molar-refractivity contribution in [1.29, 1.82) is 0 Å². The van der Waals surface area contributed by atoms with Crippen LogP contribution in [-0.2, 0) is 24.3 Å². The van der Waals surface area contributed by atoms with E-state index in [-0.39, 0.29) is 5.91 Å². The summed E-state index contributed by atoms with van der Waals surface area (Å²) in [5.74, 6) is 1.36. The lowest BCUT2D eigenvalue weighted by Crippen LogP contribution is -2.25. The Balaban J connectivity index is 1.95. The lowest BCUT2D eigenvalue weighted by molar-refractivity contribution is -0.120. The van der Waals surface area contributed by atoms with Crippen LogP contribution in [0, 0.1) is 19.8 Å². The molecule has 0 spiro atoms. The Kier molecular flexibility index (Phi) is 6.01. The van der Waals surface area contributed by atoms with Crippen molar-refractivity contribution in [2.45, 2.75) is 47.2 Å². The first-order valence-electron chi connectivity index (χ1n) is 8.33. The van der Waals surface area contributed by atoms with Crippen molar-refractivity contribution in [3.05, 3.63) is 46.8 Å². The molecule has 1 N–H and O–H groups in total. The van der Waals surface area contributed by atoms with E-state index in [1.807, 2.05) is 42.8 Å². The summed E-state index contributed by atoms with van der Waals surface area (Å²) in [4.78, 5) is 12.3. The number of carbonyl (C=O) groups excluding carboxylic acids is 1. The van der Waals surface area contributed by atoms with Gasteiger partial charge in [0.05, 0.1) is 19.2 Å². The van der Waals surface area contributed by atoms with Crippen molar-refractivity contribution >= 4 is 5.91 Å². The minimum absolute atomic E-state index is 0.0149. The summed E-state index contributed by atoms with van der Waals surface area (Å²) in [6.45, 7) is 9.72. The van der Waals surface area contributed by atoms with Crippen LogP contribution in [0.15, 0.2) is 24.3 Å². The minimum Gasteiger partial charge on any atom is -0.497 e. The Morgan fingerprint density at radius 2 is 1.92 bits per heavy atom. The molecule has 5 nitrogen and oxygen atoms in total. The van der Waals surface area contributed by atoms with Crippen LogP contribution in [0.25, 0.3) is 0 Å². The summed E-state index contributed by atoms with van der Waals surface area (Å²) in [5.41, 5.74) is 4.10. The first-order valence-corrected chi connectivity index (χ1v) is 8.33. The second-order valence-corrected chi connectivity index (χ2v) is 6.53. The molecule has 24 heavy (non-hydrogen) atoms. The molecule has 2 aromatic rings. The van der Waals surface area contributed by atoms with Crippen molar-refractivity contribution in [3.63, 3.8) is 0 Å². The molecule has 0 atom stereocenters. The smallest absolute Gasteiger partial charge is 0.224 e. The SMILES string of the molecule is COc1ccc(CNC(=O)Cc2c(C)nn(CC(C)C)c2C)cc1. The maximum absolute atomic E-state index is 12.3. The average Bonchev–Trinajstić information content (AvgIpc) is 2.80. The Labute approximate surface area is 144 Å². The predicted molar refractivity (Wildman–Crippen MR) is 95.1 cm³/mol. The van der Waals surface area contributed by atoms with Gasteiger partial charge in [-0.15, -0.1) is 0 Å². The van der Waals surface area contributed by atoms with Crippen molar-refractivity contribution in [2.24, 2.45) is 5.92 Å². The lowest BCUT2D eigenvalue weighted by Gasteiger charge is -2.09. The number of amides is 1. The fourth-order valence-corrected chi connectivity index (χ4v) is 2.68. The number of carbonyl (C=O) groups is 1. The third kappa shape index (κ3) is 4.60. The monoisotopic (exact) mass is 329 g/mol. The van der Waals surface area contributed by atoms with Gasteiger partial charge in [0.25, 0.3) is 0 Å². The van der Waals surface area contributed by atoms with Gasteiger partial charge in [0, 0.05) is 24.3 Å². The molecule has 0 saturated heterocycles. The molecular weight excluding hydrogens is 302 g/mol. The van der Waals surface area contributed by atoms with E-state index in [2.05, 4.69) is 24.3 Å². The van der Waals surface area contributed by atoms with Gasteiger partial charge in [-0.25, -0.2) is 0 Å². The van der Waals surface area contributed by atoms with E-state index < -0.39 is 0 Å². The molecule has 2 rings (SSSR count). The zero-order chi connectivity index (χ0) is 17.7. The first kappa shape index (κ1) is 18.0. The molecule has 0 saturated carbocycles. The normalized spacial score (nSPS) is 10.9. The van der Waals surface area contributed by atoms with E-state index in [9.17, 15) is 4.79 Å². The van der Waals surface area contributed by atoms with Gasteiger partial charge in [-0.3, -0.25) is 9.48 Å². The molecule has 0 radical (unpaired) electrons. The Hall–Kier alpha value is -2.30. The molecular formula is C19H27N3O2. The van der Waals surface area contributed by atoms with E-state index in [0.29, 0.717) is 18.9 Å². The third-order valence-electron chi connectivity index (χ3n) is 4.06. The Morgan fingerprint density at radius 3 is 2.50 bits per heavy atom. The molecule has 0 aliphatic carbocycles. The molecule has 0 bridgehead atoms. The maximum atomic E-state index is 12.3. The van der Waals surface area contributed by atoms with Crippen LogP contribution in [-0.4, -0.2) is 22.8 Å². The first-order chi connectivity index (χ1) is 11.4. The zero-order valence-electron chi connectivity index (χ0n) is 15.2. The van der Waals surface area contributed by atoms with Gasteiger partial charge < -0.3 is 10.1 Å². The molecule has 5 heteroatoms. The summed E-state index contributed by atoms with van der Waals surface area (Å²) >= 11 is 0. The number of ether oxygens (including phenoxy) is 1. The van der Waals surface area contributed by atoms with Gasteiger partial charge in [0.1, 0.15) is 5.75 Å². The number of benzene rings is 1. The predicted octanol–water partition coefficient (Wildman–Crippen LogP) is 3.02. The molecule has 130 valence electrons. The highest BCUT2D eigenvalue weighted by atomic mass is 16.5. The van der Waals surface area contributed by atoms with E-state index in [1.54, 1.807) is 7.11 Å². The number of rotatable bonds is 7. The third-order valence-corrected chi connectivity index (χ3v) is 4.06. The van der Waals surface area contributed by atoms with Gasteiger partial charge in [0.15, 0.2) is 0 Å². The van der Waals surface area contributed by atoms with Crippen LogP contribution in [0.5, 0.6) is 5.75 Å². The molecule has 1 aromatic heterocycles. The van der Waals surface area contributed by atoms with Crippen LogP contribution in [0.1, 0.15) is 36.4 Å². The highest BCUT2D eigenvalue weighted by Gasteiger charge is 2.15. The molecule has 0 aliphatic heterocycles. The molecule has 0 unspecified atom stereocenters. The highest BCUT2D eigenvalue weighted by Crippen LogP contribution is 2.16. The van der Waals surface area contributed by atoms with E-state index >= 15 is 0 Å². The topological polar surface area (TPSA) is 56.1 Å². The fourth-order valence-electron chi connectivity index (χ4n) is 2.68. The lowest BCUT2D eigenvalue weighted by atomic mass is 10.1. The average molecular weight is 329 g/mol. The largest absolute Gasteiger partial charge is 0.497 e. The fraction of sp³-hybridized carbons (Fsp3) is 0.474. The van der Waals surface area contributed by atoms with Crippen LogP contribution in [0.3, 0.4) is 0 Å². The molecule has 1 amide bonds. The van der Waals surface area contributed by atoms with Gasteiger partial charge in [-0.05, 0) is 37.5 Å². The minimum atomic E-state index is 0.0149. The summed E-state index contributed by atoms with van der Waals surface area (Å²) in [6, 6.07) is 7.70. The van der Waals surface area contributed by atoms with Gasteiger partial charge in [-0.1, -0.05) is 26.0 Å². The molecule has 0 aliphatic rings. The van der Waals surface area contributed by atoms with Crippen molar-refractivity contribution in [2.75, 3.05) is 7.11 Å². The van der Waals surface area contributed by atoms with E-state index in [1.165, 1.54) is 0 Å². The number of aromatic nitrogens is 2. The van der Waals surface area contributed by atoms with Crippen LogP contribution in [0.4, 0.5) is 0 Å². The number of methoxy groups -OCH3 is 1. The van der Waals surface area contributed by atoms with Crippen LogP contribution < -0.4 is 10.1 Å². The zero-order valence-corrected chi connectivity index (χ0v) is 15.2. The van der Waals surface area contributed by atoms with Crippen LogP contribution >= 0.6 is 0 Å².